The molecular weight excluding hydrogens is 382 g/mol. The summed E-state index contributed by atoms with van der Waals surface area (Å²) >= 11 is 3.48. The standard InChI is InChI=1S/C14H18BrN5O2S/c15-11-3-4-13-12(6-11)14(18-9-17-13)20-5-1-2-10(8-20)7-19-23(16,21)22/h3-4,6,9-10,19H,1-2,5,7-8H2,(H2,16,21,22). The van der Waals surface area contributed by atoms with Crippen molar-refractivity contribution >= 4 is 42.9 Å². The second-order valence-corrected chi connectivity index (χ2v) is 8.00. The van der Waals surface area contributed by atoms with Crippen LogP contribution in [-0.2, 0) is 10.2 Å². The van der Waals surface area contributed by atoms with Gasteiger partial charge < -0.3 is 4.90 Å². The molecule has 9 heteroatoms. The van der Waals surface area contributed by atoms with Gasteiger partial charge in [-0.3, -0.25) is 0 Å². The van der Waals surface area contributed by atoms with Crippen molar-refractivity contribution in [3.63, 3.8) is 0 Å². The Labute approximate surface area is 143 Å². The number of nitrogens with one attached hydrogen (secondary N) is 1. The maximum absolute atomic E-state index is 11.1. The highest BCUT2D eigenvalue weighted by Gasteiger charge is 2.23. The lowest BCUT2D eigenvalue weighted by Gasteiger charge is -2.34. The molecule has 0 aliphatic carbocycles. The van der Waals surface area contributed by atoms with Crippen LogP contribution in [0, 0.1) is 5.92 Å². The van der Waals surface area contributed by atoms with Gasteiger partial charge in [0.15, 0.2) is 0 Å². The monoisotopic (exact) mass is 399 g/mol. The largest absolute Gasteiger partial charge is 0.356 e. The first-order valence-corrected chi connectivity index (χ1v) is 9.69. The molecule has 1 unspecified atom stereocenters. The first kappa shape index (κ1) is 16.6. The summed E-state index contributed by atoms with van der Waals surface area (Å²) in [5.74, 6) is 1.09. The number of rotatable bonds is 4. The van der Waals surface area contributed by atoms with Gasteiger partial charge in [-0.2, -0.15) is 8.42 Å². The summed E-state index contributed by atoms with van der Waals surface area (Å²) in [7, 11) is -3.65. The Balaban J connectivity index is 1.82. The molecule has 0 bridgehead atoms. The molecule has 2 aromatic rings. The predicted molar refractivity (Wildman–Crippen MR) is 93.3 cm³/mol. The quantitative estimate of drug-likeness (QED) is 0.808. The van der Waals surface area contributed by atoms with Gasteiger partial charge in [0.1, 0.15) is 12.1 Å². The zero-order valence-electron chi connectivity index (χ0n) is 12.4. The highest BCUT2D eigenvalue weighted by Crippen LogP contribution is 2.29. The lowest BCUT2D eigenvalue weighted by Crippen LogP contribution is -2.42. The molecule has 1 aliphatic rings. The van der Waals surface area contributed by atoms with E-state index in [-0.39, 0.29) is 5.92 Å². The number of piperidine rings is 1. The van der Waals surface area contributed by atoms with E-state index in [9.17, 15) is 8.42 Å². The smallest absolute Gasteiger partial charge is 0.274 e. The van der Waals surface area contributed by atoms with E-state index < -0.39 is 10.2 Å². The summed E-state index contributed by atoms with van der Waals surface area (Å²) < 4.78 is 25.5. The molecule has 1 atom stereocenters. The Morgan fingerprint density at radius 2 is 2.22 bits per heavy atom. The van der Waals surface area contributed by atoms with E-state index in [1.807, 2.05) is 18.2 Å². The maximum atomic E-state index is 11.1. The number of hydrogen-bond acceptors (Lipinski definition) is 5. The molecular formula is C14H18BrN5O2S. The number of fused-ring (bicyclic) bond motifs is 1. The molecule has 1 aromatic carbocycles. The van der Waals surface area contributed by atoms with Crippen molar-refractivity contribution in [3.05, 3.63) is 29.0 Å². The third-order valence-corrected chi connectivity index (χ3v) is 5.03. The third-order valence-electron chi connectivity index (χ3n) is 3.97. The van der Waals surface area contributed by atoms with Crippen LogP contribution in [0.2, 0.25) is 0 Å². The molecule has 1 saturated heterocycles. The molecule has 124 valence electrons. The van der Waals surface area contributed by atoms with E-state index in [4.69, 9.17) is 5.14 Å². The Bertz CT molecular complexity index is 814. The summed E-state index contributed by atoms with van der Waals surface area (Å²) in [5, 5.41) is 6.00. The summed E-state index contributed by atoms with van der Waals surface area (Å²) in [6.45, 7) is 1.98. The van der Waals surface area contributed by atoms with Crippen molar-refractivity contribution in [2.75, 3.05) is 24.5 Å². The first-order valence-electron chi connectivity index (χ1n) is 7.35. The molecule has 2 heterocycles. The topological polar surface area (TPSA) is 101 Å². The average molecular weight is 400 g/mol. The lowest BCUT2D eigenvalue weighted by molar-refractivity contribution is 0.410. The fraction of sp³-hybridized carbons (Fsp3) is 0.429. The molecule has 3 rings (SSSR count). The SMILES string of the molecule is NS(=O)(=O)NCC1CCCN(c2ncnc3ccc(Br)cc23)C1. The van der Waals surface area contributed by atoms with E-state index in [1.54, 1.807) is 6.33 Å². The van der Waals surface area contributed by atoms with Crippen LogP contribution in [0.1, 0.15) is 12.8 Å². The molecule has 7 nitrogen and oxygen atoms in total. The van der Waals surface area contributed by atoms with Crippen molar-refractivity contribution in [1.82, 2.24) is 14.7 Å². The third kappa shape index (κ3) is 4.17. The first-order chi connectivity index (χ1) is 10.9. The lowest BCUT2D eigenvalue weighted by atomic mass is 9.98. The fourth-order valence-electron chi connectivity index (χ4n) is 2.93. The number of aromatic nitrogens is 2. The van der Waals surface area contributed by atoms with Crippen LogP contribution in [-0.4, -0.2) is 38.0 Å². The van der Waals surface area contributed by atoms with Gasteiger partial charge >= 0.3 is 0 Å². The summed E-state index contributed by atoms with van der Waals surface area (Å²) in [6.07, 6.45) is 3.51. The van der Waals surface area contributed by atoms with Gasteiger partial charge in [0.2, 0.25) is 0 Å². The Kier molecular flexibility index (Phi) is 4.81. The van der Waals surface area contributed by atoms with Crippen LogP contribution in [0.15, 0.2) is 29.0 Å². The normalized spacial score (nSPS) is 19.2. The van der Waals surface area contributed by atoms with Gasteiger partial charge in [-0.25, -0.2) is 19.8 Å². The maximum Gasteiger partial charge on any atom is 0.274 e. The van der Waals surface area contributed by atoms with Crippen LogP contribution in [0.4, 0.5) is 5.82 Å². The molecule has 0 amide bonds. The Morgan fingerprint density at radius 1 is 1.39 bits per heavy atom. The van der Waals surface area contributed by atoms with Crippen molar-refractivity contribution < 1.29 is 8.42 Å². The molecule has 0 spiro atoms. The van der Waals surface area contributed by atoms with Crippen LogP contribution in [0.25, 0.3) is 10.9 Å². The molecule has 3 N–H and O–H groups in total. The highest BCUT2D eigenvalue weighted by atomic mass is 79.9. The van der Waals surface area contributed by atoms with Gasteiger partial charge in [0.05, 0.1) is 5.52 Å². The number of nitrogens with two attached hydrogens (primary N) is 1. The van der Waals surface area contributed by atoms with Gasteiger partial charge in [-0.15, -0.1) is 0 Å². The number of nitrogens with zero attached hydrogens (tertiary/aromatic N) is 3. The number of halogens is 1. The zero-order chi connectivity index (χ0) is 16.4. The summed E-state index contributed by atoms with van der Waals surface area (Å²) in [4.78, 5) is 10.9. The van der Waals surface area contributed by atoms with Crippen LogP contribution in [0.3, 0.4) is 0 Å². The second kappa shape index (κ2) is 6.68. The minimum atomic E-state index is -3.65. The Morgan fingerprint density at radius 3 is 3.00 bits per heavy atom. The van der Waals surface area contributed by atoms with E-state index in [0.717, 1.165) is 47.1 Å². The molecule has 0 radical (unpaired) electrons. The predicted octanol–water partition coefficient (Wildman–Crippen LogP) is 1.40. The average Bonchev–Trinajstić information content (AvgIpc) is 2.52. The number of hydrogen-bond donors (Lipinski definition) is 2. The summed E-state index contributed by atoms with van der Waals surface area (Å²) in [5.41, 5.74) is 0.892. The minimum Gasteiger partial charge on any atom is -0.356 e. The van der Waals surface area contributed by atoms with Crippen molar-refractivity contribution in [2.24, 2.45) is 11.1 Å². The van der Waals surface area contributed by atoms with E-state index in [1.165, 1.54) is 0 Å². The van der Waals surface area contributed by atoms with Crippen molar-refractivity contribution in [2.45, 2.75) is 12.8 Å². The van der Waals surface area contributed by atoms with Crippen molar-refractivity contribution in [1.29, 1.82) is 0 Å². The summed E-state index contributed by atoms with van der Waals surface area (Å²) in [6, 6.07) is 5.92. The van der Waals surface area contributed by atoms with E-state index >= 15 is 0 Å². The zero-order valence-corrected chi connectivity index (χ0v) is 14.8. The minimum absolute atomic E-state index is 0.208. The Hall–Kier alpha value is -1.29. The highest BCUT2D eigenvalue weighted by molar-refractivity contribution is 9.10. The van der Waals surface area contributed by atoms with E-state index in [0.29, 0.717) is 6.54 Å². The molecule has 1 aromatic heterocycles. The van der Waals surface area contributed by atoms with Gasteiger partial charge in [0.25, 0.3) is 10.2 Å². The van der Waals surface area contributed by atoms with Crippen molar-refractivity contribution in [3.8, 4) is 0 Å². The second-order valence-electron chi connectivity index (χ2n) is 5.71. The van der Waals surface area contributed by atoms with Crippen LogP contribution >= 0.6 is 15.9 Å². The molecule has 0 saturated carbocycles. The van der Waals surface area contributed by atoms with Gasteiger partial charge in [-0.1, -0.05) is 15.9 Å². The van der Waals surface area contributed by atoms with Gasteiger partial charge in [-0.05, 0) is 37.0 Å². The fourth-order valence-corrected chi connectivity index (χ4v) is 3.75. The van der Waals surface area contributed by atoms with E-state index in [2.05, 4.69) is 35.5 Å². The molecule has 1 aliphatic heterocycles. The van der Waals surface area contributed by atoms with Crippen LogP contribution in [0.5, 0.6) is 0 Å². The van der Waals surface area contributed by atoms with Gasteiger partial charge in [0, 0.05) is 29.5 Å². The van der Waals surface area contributed by atoms with Crippen LogP contribution < -0.4 is 14.8 Å². The molecule has 1 fully saturated rings. The number of anilines is 1. The number of benzene rings is 1. The molecule has 23 heavy (non-hydrogen) atoms.